The molecule has 16 heavy (non-hydrogen) atoms. The van der Waals surface area contributed by atoms with E-state index in [1.807, 2.05) is 37.0 Å². The van der Waals surface area contributed by atoms with E-state index in [-0.39, 0.29) is 0 Å². The normalized spacial score (nSPS) is 13.0. The fourth-order valence-corrected chi connectivity index (χ4v) is 1.49. The van der Waals surface area contributed by atoms with Crippen LogP contribution in [-0.4, -0.2) is 15.5 Å². The second-order valence-electron chi connectivity index (χ2n) is 3.54. The van der Waals surface area contributed by atoms with Crippen LogP contribution in [0.4, 0.5) is 0 Å². The minimum atomic E-state index is 0.297. The second kappa shape index (κ2) is 5.66. The number of hydrogen-bond acceptors (Lipinski definition) is 2. The largest absolute Gasteiger partial charge is 0.272 e. The van der Waals surface area contributed by atoms with Crippen LogP contribution in [-0.2, 0) is 6.54 Å². The molecule has 1 aromatic rings. The molecule has 0 radical (unpaired) electrons. The Kier molecular flexibility index (Phi) is 4.50. The Morgan fingerprint density at radius 1 is 1.62 bits per heavy atom. The van der Waals surface area contributed by atoms with Gasteiger partial charge in [-0.2, -0.15) is 5.10 Å². The average Bonchev–Trinajstić information content (AvgIpc) is 2.64. The van der Waals surface area contributed by atoms with E-state index in [0.29, 0.717) is 5.16 Å². The van der Waals surface area contributed by atoms with Crippen molar-refractivity contribution >= 4 is 22.9 Å². The first-order chi connectivity index (χ1) is 7.52. The van der Waals surface area contributed by atoms with Crippen molar-refractivity contribution in [3.63, 3.8) is 0 Å². The van der Waals surface area contributed by atoms with Gasteiger partial charge in [0.1, 0.15) is 5.16 Å². The molecule has 0 saturated heterocycles. The molecule has 1 heterocycles. The molecule has 0 aliphatic rings. The molecule has 0 N–H and O–H groups in total. The van der Waals surface area contributed by atoms with E-state index < -0.39 is 0 Å². The molecule has 0 atom stereocenters. The maximum absolute atomic E-state index is 5.60. The van der Waals surface area contributed by atoms with Crippen LogP contribution in [0.5, 0.6) is 0 Å². The molecule has 0 aliphatic heterocycles. The molecule has 86 valence electrons. The highest BCUT2D eigenvalue weighted by atomic mass is 35.5. The molecule has 0 spiro atoms. The number of rotatable bonds is 4. The van der Waals surface area contributed by atoms with E-state index in [4.69, 9.17) is 11.6 Å². The Bertz CT molecular complexity index is 441. The lowest BCUT2D eigenvalue weighted by Gasteiger charge is -1.97. The Morgan fingerprint density at radius 3 is 2.81 bits per heavy atom. The molecule has 4 heteroatoms. The highest BCUT2D eigenvalue weighted by Gasteiger charge is 1.99. The number of hydrogen-bond donors (Lipinski definition) is 0. The molecule has 0 fully saturated rings. The molecule has 0 saturated carbocycles. The van der Waals surface area contributed by atoms with Crippen LogP contribution < -0.4 is 0 Å². The summed E-state index contributed by atoms with van der Waals surface area (Å²) in [7, 11) is 0. The van der Waals surface area contributed by atoms with Gasteiger partial charge in [-0.25, -0.2) is 4.99 Å². The number of allylic oxidation sites excluding steroid dienone is 2. The third-order valence-electron chi connectivity index (χ3n) is 2.14. The lowest BCUT2D eigenvalue weighted by atomic mass is 10.1. The van der Waals surface area contributed by atoms with Crippen LogP contribution in [0.2, 0.25) is 0 Å². The molecule has 3 nitrogen and oxygen atoms in total. The van der Waals surface area contributed by atoms with Crippen molar-refractivity contribution in [2.24, 2.45) is 4.99 Å². The van der Waals surface area contributed by atoms with Crippen LogP contribution in [0.25, 0.3) is 5.57 Å². The molecule has 1 rings (SSSR count). The standard InChI is InChI=1S/C12H16ClN3/c1-5-16-8-12(7-14-16)9(2)6-10(3)15-11(4)13/h6-8H,4-5H2,1-3H3/b9-6+,15-10?. The molecule has 0 bridgehead atoms. The zero-order valence-corrected chi connectivity index (χ0v) is 10.6. The zero-order valence-electron chi connectivity index (χ0n) is 9.87. The Labute approximate surface area is 101 Å². The van der Waals surface area contributed by atoms with Gasteiger partial charge < -0.3 is 0 Å². The van der Waals surface area contributed by atoms with Gasteiger partial charge in [0.05, 0.1) is 6.20 Å². The van der Waals surface area contributed by atoms with Crippen LogP contribution >= 0.6 is 11.6 Å². The van der Waals surface area contributed by atoms with E-state index in [1.165, 1.54) is 0 Å². The van der Waals surface area contributed by atoms with Crippen molar-refractivity contribution in [1.82, 2.24) is 9.78 Å². The van der Waals surface area contributed by atoms with Gasteiger partial charge in [-0.1, -0.05) is 18.2 Å². The first kappa shape index (κ1) is 12.7. The summed E-state index contributed by atoms with van der Waals surface area (Å²) < 4.78 is 1.89. The molecular weight excluding hydrogens is 222 g/mol. The van der Waals surface area contributed by atoms with Crippen molar-refractivity contribution in [2.45, 2.75) is 27.3 Å². The second-order valence-corrected chi connectivity index (χ2v) is 3.98. The van der Waals surface area contributed by atoms with Crippen molar-refractivity contribution in [2.75, 3.05) is 0 Å². The molecule has 1 aromatic heterocycles. The average molecular weight is 238 g/mol. The van der Waals surface area contributed by atoms with E-state index in [1.54, 1.807) is 0 Å². The molecule has 0 aromatic carbocycles. The van der Waals surface area contributed by atoms with E-state index in [2.05, 4.69) is 23.6 Å². The van der Waals surface area contributed by atoms with Gasteiger partial charge in [0.25, 0.3) is 0 Å². The summed E-state index contributed by atoms with van der Waals surface area (Å²) in [4.78, 5) is 4.05. The minimum absolute atomic E-state index is 0.297. The quantitative estimate of drug-likeness (QED) is 0.583. The first-order valence-electron chi connectivity index (χ1n) is 5.13. The summed E-state index contributed by atoms with van der Waals surface area (Å²) >= 11 is 5.60. The number of aliphatic imine (C=N–C) groups is 1. The maximum atomic E-state index is 5.60. The van der Waals surface area contributed by atoms with Gasteiger partial charge in [-0.15, -0.1) is 0 Å². The van der Waals surface area contributed by atoms with E-state index in [9.17, 15) is 0 Å². The van der Waals surface area contributed by atoms with Crippen molar-refractivity contribution in [3.8, 4) is 0 Å². The highest BCUT2D eigenvalue weighted by Crippen LogP contribution is 2.13. The number of halogens is 1. The van der Waals surface area contributed by atoms with E-state index in [0.717, 1.165) is 23.4 Å². The SMILES string of the molecule is C=C(Cl)N=C(C)/C=C(\C)c1cnn(CC)c1. The van der Waals surface area contributed by atoms with Gasteiger partial charge in [0, 0.05) is 24.0 Å². The third-order valence-corrected chi connectivity index (χ3v) is 2.22. The van der Waals surface area contributed by atoms with Crippen LogP contribution in [0.1, 0.15) is 26.3 Å². The number of aromatic nitrogens is 2. The van der Waals surface area contributed by atoms with Gasteiger partial charge in [0.2, 0.25) is 0 Å². The Hall–Kier alpha value is -1.35. The predicted octanol–water partition coefficient (Wildman–Crippen LogP) is 3.48. The highest BCUT2D eigenvalue weighted by molar-refractivity contribution is 6.29. The third kappa shape index (κ3) is 3.66. The molecule has 0 unspecified atom stereocenters. The molecule has 0 amide bonds. The monoisotopic (exact) mass is 237 g/mol. The molecule has 0 aliphatic carbocycles. The summed E-state index contributed by atoms with van der Waals surface area (Å²) in [6.07, 6.45) is 5.82. The van der Waals surface area contributed by atoms with Gasteiger partial charge in [-0.3, -0.25) is 4.68 Å². The summed E-state index contributed by atoms with van der Waals surface area (Å²) in [5, 5.41) is 4.51. The number of nitrogens with zero attached hydrogens (tertiary/aromatic N) is 3. The lowest BCUT2D eigenvalue weighted by Crippen LogP contribution is -1.92. The smallest absolute Gasteiger partial charge is 0.122 e. The van der Waals surface area contributed by atoms with Crippen LogP contribution in [0.3, 0.4) is 0 Å². The van der Waals surface area contributed by atoms with Crippen molar-refractivity contribution in [3.05, 3.63) is 35.8 Å². The number of aryl methyl sites for hydroxylation is 1. The summed E-state index contributed by atoms with van der Waals surface area (Å²) in [6.45, 7) is 10.4. The Balaban J connectivity index is 2.88. The predicted molar refractivity (Wildman–Crippen MR) is 69.7 cm³/mol. The fraction of sp³-hybridized carbons (Fsp3) is 0.333. The minimum Gasteiger partial charge on any atom is -0.272 e. The topological polar surface area (TPSA) is 30.2 Å². The van der Waals surface area contributed by atoms with Crippen molar-refractivity contribution < 1.29 is 0 Å². The van der Waals surface area contributed by atoms with Crippen LogP contribution in [0.15, 0.2) is 35.2 Å². The van der Waals surface area contributed by atoms with Gasteiger partial charge >= 0.3 is 0 Å². The first-order valence-corrected chi connectivity index (χ1v) is 5.51. The Morgan fingerprint density at radius 2 is 2.31 bits per heavy atom. The van der Waals surface area contributed by atoms with Gasteiger partial charge in [-0.05, 0) is 32.4 Å². The van der Waals surface area contributed by atoms with E-state index >= 15 is 0 Å². The maximum Gasteiger partial charge on any atom is 0.122 e. The molecular formula is C12H16ClN3. The van der Waals surface area contributed by atoms with Crippen molar-refractivity contribution in [1.29, 1.82) is 0 Å². The summed E-state index contributed by atoms with van der Waals surface area (Å²) in [5.41, 5.74) is 3.04. The zero-order chi connectivity index (χ0) is 12.1. The summed E-state index contributed by atoms with van der Waals surface area (Å²) in [6, 6.07) is 0. The lowest BCUT2D eigenvalue weighted by molar-refractivity contribution is 0.659. The summed E-state index contributed by atoms with van der Waals surface area (Å²) in [5.74, 6) is 0. The van der Waals surface area contributed by atoms with Gasteiger partial charge in [0.15, 0.2) is 0 Å². The van der Waals surface area contributed by atoms with Crippen LogP contribution in [0, 0.1) is 0 Å². The fourth-order valence-electron chi connectivity index (χ4n) is 1.36.